The molecule has 0 bridgehead atoms. The molecule has 0 unspecified atom stereocenters. The first kappa shape index (κ1) is 15.7. The standard InChI is InChI=1S/C13H14F2N2O3/c1-8(18)12(9(2)19)17-16-10-6-4-5-7-11(10)20-13(3,14)15/h4-7,18H,1-3H3. The van der Waals surface area contributed by atoms with E-state index in [4.69, 9.17) is 0 Å². The number of Topliss-reactive ketones (excluding diaryl/α,β-unsaturated/α-hetero) is 1. The molecule has 0 saturated heterocycles. The number of ketones is 1. The van der Waals surface area contributed by atoms with Crippen molar-refractivity contribution in [3.05, 3.63) is 35.7 Å². The van der Waals surface area contributed by atoms with Gasteiger partial charge in [0.15, 0.2) is 17.2 Å². The zero-order valence-electron chi connectivity index (χ0n) is 11.2. The van der Waals surface area contributed by atoms with Gasteiger partial charge >= 0.3 is 6.11 Å². The minimum absolute atomic E-state index is 0.0222. The zero-order valence-corrected chi connectivity index (χ0v) is 11.2. The molecule has 1 aromatic rings. The van der Waals surface area contributed by atoms with Crippen LogP contribution < -0.4 is 4.74 Å². The molecule has 7 heteroatoms. The number of halogens is 2. The number of rotatable bonds is 5. The summed E-state index contributed by atoms with van der Waals surface area (Å²) in [5.74, 6) is -0.976. The molecule has 0 amide bonds. The second-order valence-electron chi connectivity index (χ2n) is 4.07. The molecule has 5 nitrogen and oxygen atoms in total. The van der Waals surface area contributed by atoms with Crippen LogP contribution in [-0.2, 0) is 4.79 Å². The van der Waals surface area contributed by atoms with Gasteiger partial charge in [-0.05, 0) is 19.1 Å². The fraction of sp³-hybridized carbons (Fsp3) is 0.308. The van der Waals surface area contributed by atoms with Crippen molar-refractivity contribution in [1.82, 2.24) is 0 Å². The topological polar surface area (TPSA) is 71.2 Å². The Balaban J connectivity index is 3.10. The van der Waals surface area contributed by atoms with E-state index in [9.17, 15) is 18.7 Å². The van der Waals surface area contributed by atoms with E-state index in [1.54, 1.807) is 6.07 Å². The molecule has 0 saturated carbocycles. The molecule has 0 atom stereocenters. The Labute approximate surface area is 114 Å². The van der Waals surface area contributed by atoms with Crippen molar-refractivity contribution in [2.24, 2.45) is 10.2 Å². The van der Waals surface area contributed by atoms with Crippen LogP contribution in [-0.4, -0.2) is 17.0 Å². The van der Waals surface area contributed by atoms with E-state index in [2.05, 4.69) is 15.0 Å². The van der Waals surface area contributed by atoms with E-state index < -0.39 is 11.9 Å². The van der Waals surface area contributed by atoms with Crippen molar-refractivity contribution in [1.29, 1.82) is 0 Å². The van der Waals surface area contributed by atoms with E-state index in [0.29, 0.717) is 6.92 Å². The highest BCUT2D eigenvalue weighted by Gasteiger charge is 2.24. The van der Waals surface area contributed by atoms with Gasteiger partial charge in [-0.15, -0.1) is 10.2 Å². The van der Waals surface area contributed by atoms with Crippen LogP contribution in [0.3, 0.4) is 0 Å². The number of aliphatic hydroxyl groups excluding tert-OH is 1. The predicted octanol–water partition coefficient (Wildman–Crippen LogP) is 4.14. The van der Waals surface area contributed by atoms with Crippen LogP contribution in [0.15, 0.2) is 46.0 Å². The van der Waals surface area contributed by atoms with Gasteiger partial charge < -0.3 is 9.84 Å². The van der Waals surface area contributed by atoms with Crippen LogP contribution in [0.2, 0.25) is 0 Å². The third kappa shape index (κ3) is 4.75. The number of alkyl halides is 2. The molecule has 0 aliphatic heterocycles. The number of allylic oxidation sites excluding steroid dienone is 2. The van der Waals surface area contributed by atoms with E-state index in [0.717, 1.165) is 0 Å². The van der Waals surface area contributed by atoms with Gasteiger partial charge in [-0.2, -0.15) is 8.78 Å². The number of para-hydroxylation sites is 1. The van der Waals surface area contributed by atoms with Gasteiger partial charge in [-0.3, -0.25) is 4.79 Å². The number of carbonyl (C=O) groups excluding carboxylic acids is 1. The van der Waals surface area contributed by atoms with Gasteiger partial charge in [0, 0.05) is 13.8 Å². The predicted molar refractivity (Wildman–Crippen MR) is 68.2 cm³/mol. The molecule has 20 heavy (non-hydrogen) atoms. The molecule has 0 heterocycles. The number of nitrogens with zero attached hydrogens (tertiary/aromatic N) is 2. The SMILES string of the molecule is CC(=O)C(N=Nc1ccccc1OC(C)(F)F)=C(C)O. The number of benzene rings is 1. The zero-order chi connectivity index (χ0) is 15.3. The maximum absolute atomic E-state index is 12.8. The minimum Gasteiger partial charge on any atom is -0.510 e. The van der Waals surface area contributed by atoms with Gasteiger partial charge in [-0.1, -0.05) is 12.1 Å². The lowest BCUT2D eigenvalue weighted by molar-refractivity contribution is -0.158. The number of carbonyl (C=O) groups is 1. The summed E-state index contributed by atoms with van der Waals surface area (Å²) in [6.45, 7) is 3.08. The molecule has 1 rings (SSSR count). The van der Waals surface area contributed by atoms with E-state index in [1.165, 1.54) is 32.0 Å². The Hall–Kier alpha value is -2.31. The monoisotopic (exact) mass is 284 g/mol. The molecular weight excluding hydrogens is 270 g/mol. The van der Waals surface area contributed by atoms with Gasteiger partial charge in [0.1, 0.15) is 11.4 Å². The third-order valence-corrected chi connectivity index (χ3v) is 2.09. The second kappa shape index (κ2) is 6.23. The molecular formula is C13H14F2N2O3. The Morgan fingerprint density at radius 1 is 1.30 bits per heavy atom. The van der Waals surface area contributed by atoms with Crippen LogP contribution in [0, 0.1) is 0 Å². The highest BCUT2D eigenvalue weighted by atomic mass is 19.3. The number of hydrogen-bond acceptors (Lipinski definition) is 5. The fourth-order valence-electron chi connectivity index (χ4n) is 1.32. The van der Waals surface area contributed by atoms with Crippen molar-refractivity contribution < 1.29 is 23.4 Å². The van der Waals surface area contributed by atoms with E-state index in [-0.39, 0.29) is 22.9 Å². The Bertz CT molecular complexity index is 559. The van der Waals surface area contributed by atoms with Gasteiger partial charge in [-0.25, -0.2) is 0 Å². The Kier molecular flexibility index (Phi) is 4.90. The first-order valence-corrected chi connectivity index (χ1v) is 5.69. The summed E-state index contributed by atoms with van der Waals surface area (Å²) in [4.78, 5) is 11.2. The van der Waals surface area contributed by atoms with Crippen LogP contribution in [0.1, 0.15) is 20.8 Å². The van der Waals surface area contributed by atoms with E-state index >= 15 is 0 Å². The summed E-state index contributed by atoms with van der Waals surface area (Å²) in [5.41, 5.74) is -0.225. The average Bonchev–Trinajstić information content (AvgIpc) is 2.28. The summed E-state index contributed by atoms with van der Waals surface area (Å²) >= 11 is 0. The van der Waals surface area contributed by atoms with Crippen LogP contribution >= 0.6 is 0 Å². The smallest absolute Gasteiger partial charge is 0.394 e. The number of ether oxygens (including phenoxy) is 1. The lowest BCUT2D eigenvalue weighted by Gasteiger charge is -2.13. The average molecular weight is 284 g/mol. The maximum Gasteiger partial charge on any atom is 0.394 e. The van der Waals surface area contributed by atoms with Crippen LogP contribution in [0.4, 0.5) is 14.5 Å². The third-order valence-electron chi connectivity index (χ3n) is 2.09. The Morgan fingerprint density at radius 3 is 2.40 bits per heavy atom. The summed E-state index contributed by atoms with van der Waals surface area (Å²) < 4.78 is 30.1. The minimum atomic E-state index is -3.36. The molecule has 1 aromatic carbocycles. The van der Waals surface area contributed by atoms with Crippen molar-refractivity contribution in [2.75, 3.05) is 0 Å². The van der Waals surface area contributed by atoms with Gasteiger partial charge in [0.2, 0.25) is 0 Å². The maximum atomic E-state index is 12.8. The van der Waals surface area contributed by atoms with Gasteiger partial charge in [0.05, 0.1) is 0 Å². The number of aliphatic hydroxyl groups is 1. The lowest BCUT2D eigenvalue weighted by Crippen LogP contribution is -2.19. The largest absolute Gasteiger partial charge is 0.510 e. The molecule has 0 radical (unpaired) electrons. The fourth-order valence-corrected chi connectivity index (χ4v) is 1.32. The molecule has 0 fully saturated rings. The normalized spacial score (nSPS) is 13.2. The molecule has 0 aliphatic carbocycles. The van der Waals surface area contributed by atoms with Crippen LogP contribution in [0.25, 0.3) is 0 Å². The van der Waals surface area contributed by atoms with Crippen molar-refractivity contribution >= 4 is 11.5 Å². The molecule has 1 N–H and O–H groups in total. The first-order chi connectivity index (χ1) is 9.20. The summed E-state index contributed by atoms with van der Waals surface area (Å²) in [6, 6.07) is 5.75. The lowest BCUT2D eigenvalue weighted by atomic mass is 10.3. The Morgan fingerprint density at radius 2 is 1.90 bits per heavy atom. The molecule has 0 aromatic heterocycles. The molecule has 108 valence electrons. The second-order valence-corrected chi connectivity index (χ2v) is 4.07. The van der Waals surface area contributed by atoms with Gasteiger partial charge in [0.25, 0.3) is 0 Å². The molecule has 0 aliphatic rings. The van der Waals surface area contributed by atoms with Crippen molar-refractivity contribution in [3.8, 4) is 5.75 Å². The molecule has 0 spiro atoms. The quantitative estimate of drug-likeness (QED) is 0.501. The summed E-state index contributed by atoms with van der Waals surface area (Å²) in [6.07, 6.45) is -3.36. The highest BCUT2D eigenvalue weighted by molar-refractivity contribution is 5.93. The van der Waals surface area contributed by atoms with E-state index in [1.807, 2.05) is 0 Å². The van der Waals surface area contributed by atoms with Crippen molar-refractivity contribution in [3.63, 3.8) is 0 Å². The summed E-state index contributed by atoms with van der Waals surface area (Å²) in [5, 5.41) is 16.5. The highest BCUT2D eigenvalue weighted by Crippen LogP contribution is 2.31. The van der Waals surface area contributed by atoms with Crippen molar-refractivity contribution in [2.45, 2.75) is 26.9 Å². The number of hydrogen-bond donors (Lipinski definition) is 1. The van der Waals surface area contributed by atoms with Crippen LogP contribution in [0.5, 0.6) is 5.75 Å². The number of azo groups is 1. The first-order valence-electron chi connectivity index (χ1n) is 5.69. The summed E-state index contributed by atoms with van der Waals surface area (Å²) in [7, 11) is 0.